The minimum Gasteiger partial charge on any atom is -0.469 e. The summed E-state index contributed by atoms with van der Waals surface area (Å²) in [5.41, 5.74) is 5.06. The third-order valence-electron chi connectivity index (χ3n) is 14.3. The molecule has 10 nitrogen and oxygen atoms in total. The van der Waals surface area contributed by atoms with Crippen molar-refractivity contribution < 1.29 is 49.9 Å². The van der Waals surface area contributed by atoms with E-state index in [0.29, 0.717) is 25.7 Å². The van der Waals surface area contributed by atoms with E-state index >= 15 is 0 Å². The molecule has 0 aliphatic heterocycles. The van der Waals surface area contributed by atoms with Gasteiger partial charge in [0.05, 0.1) is 27.1 Å². The fraction of sp³-hybridized carbons (Fsp3) is 0.367. The fourth-order valence-corrected chi connectivity index (χ4v) is 9.83. The summed E-state index contributed by atoms with van der Waals surface area (Å²) in [7, 11) is -3.03. The zero-order chi connectivity index (χ0) is 54.5. The number of hydrogen-bond donors (Lipinski definition) is 1. The Morgan fingerprint density at radius 3 is 1.32 bits per heavy atom. The lowest BCUT2D eigenvalue weighted by molar-refractivity contribution is -0.140. The number of hydrogen-bond acceptors (Lipinski definition) is 10. The van der Waals surface area contributed by atoms with Crippen LogP contribution >= 0.6 is 0 Å². The van der Waals surface area contributed by atoms with Gasteiger partial charge in [-0.25, -0.2) is 0 Å². The first-order valence-electron chi connectivity index (χ1n) is 24.8. The number of alkyl halides is 3. The van der Waals surface area contributed by atoms with E-state index in [-0.39, 0.29) is 41.5 Å². The molecule has 0 fully saturated rings. The van der Waals surface area contributed by atoms with Crippen molar-refractivity contribution in [2.45, 2.75) is 129 Å². The molecular weight excluding hydrogens is 966 g/mol. The Morgan fingerprint density at radius 2 is 0.959 bits per heavy atom. The SMILES string of the molecule is CCC(CC)(c1ccc(-c2cncc(CC(=O)OC)c2)cc1)c1ccc(OS(=O)(=O)C(F)(F)F)c(C)c1.CCC(O)(C#Cc1ccc(C(CC)(CC)c2ccc(-c3cncc(CC(=O)OC)c3)cc2)cc1C)CC. The minimum absolute atomic E-state index is 0.117. The van der Waals surface area contributed by atoms with Gasteiger partial charge in [-0.1, -0.05) is 126 Å². The van der Waals surface area contributed by atoms with Gasteiger partial charge in [-0.05, 0) is 132 Å². The second kappa shape index (κ2) is 24.9. The third-order valence-corrected chi connectivity index (χ3v) is 15.3. The van der Waals surface area contributed by atoms with Gasteiger partial charge >= 0.3 is 27.6 Å². The van der Waals surface area contributed by atoms with E-state index in [2.05, 4.69) is 89.2 Å². The van der Waals surface area contributed by atoms with Gasteiger partial charge in [0, 0.05) is 52.3 Å². The molecule has 0 aliphatic carbocycles. The molecule has 6 aromatic rings. The molecule has 2 heterocycles. The number of esters is 2. The van der Waals surface area contributed by atoms with Crippen LogP contribution in [0, 0.1) is 25.7 Å². The Labute approximate surface area is 434 Å². The number of methoxy groups -OCH3 is 2. The summed E-state index contributed by atoms with van der Waals surface area (Å²) in [4.78, 5) is 31.8. The van der Waals surface area contributed by atoms with Crippen LogP contribution in [0.4, 0.5) is 13.2 Å². The molecule has 14 heteroatoms. The van der Waals surface area contributed by atoms with Crippen molar-refractivity contribution >= 4 is 22.1 Å². The lowest BCUT2D eigenvalue weighted by Gasteiger charge is -2.34. The number of ether oxygens (including phenoxy) is 2. The molecule has 0 aliphatic rings. The van der Waals surface area contributed by atoms with Crippen molar-refractivity contribution in [3.63, 3.8) is 0 Å². The van der Waals surface area contributed by atoms with E-state index in [1.54, 1.807) is 30.7 Å². The van der Waals surface area contributed by atoms with Crippen LogP contribution in [0.25, 0.3) is 22.3 Å². The maximum Gasteiger partial charge on any atom is 0.534 e. The maximum atomic E-state index is 12.8. The van der Waals surface area contributed by atoms with E-state index in [4.69, 9.17) is 9.47 Å². The summed E-state index contributed by atoms with van der Waals surface area (Å²) < 4.78 is 75.1. The number of pyridine rings is 2. The first-order chi connectivity index (χ1) is 35.1. The van der Waals surface area contributed by atoms with Gasteiger partial charge in [-0.3, -0.25) is 19.6 Å². The number of carbonyl (C=O) groups is 2. The van der Waals surface area contributed by atoms with Gasteiger partial charge in [0.25, 0.3) is 0 Å². The molecule has 0 atom stereocenters. The molecule has 2 aromatic heterocycles. The maximum absolute atomic E-state index is 12.8. The first-order valence-corrected chi connectivity index (χ1v) is 26.2. The normalized spacial score (nSPS) is 11.9. The van der Waals surface area contributed by atoms with Gasteiger partial charge < -0.3 is 18.8 Å². The Bertz CT molecular complexity index is 3060. The Hall–Kier alpha value is -6.82. The van der Waals surface area contributed by atoms with Gasteiger partial charge in [0.2, 0.25) is 0 Å². The quantitative estimate of drug-likeness (QED) is 0.0383. The third kappa shape index (κ3) is 13.5. The van der Waals surface area contributed by atoms with Crippen molar-refractivity contribution in [1.29, 1.82) is 0 Å². The zero-order valence-electron chi connectivity index (χ0n) is 43.9. The highest BCUT2D eigenvalue weighted by Crippen LogP contribution is 2.43. The van der Waals surface area contributed by atoms with Crippen LogP contribution in [0.2, 0.25) is 0 Å². The smallest absolute Gasteiger partial charge is 0.469 e. The van der Waals surface area contributed by atoms with E-state index in [0.717, 1.165) is 68.5 Å². The number of aliphatic hydroxyl groups is 1. The van der Waals surface area contributed by atoms with Crippen molar-refractivity contribution in [2.24, 2.45) is 0 Å². The van der Waals surface area contributed by atoms with Crippen LogP contribution in [-0.4, -0.2) is 60.8 Å². The summed E-state index contributed by atoms with van der Waals surface area (Å²) in [5, 5.41) is 10.6. The Kier molecular flexibility index (Phi) is 19.6. The lowest BCUT2D eigenvalue weighted by Crippen LogP contribution is -2.29. The number of aromatic nitrogens is 2. The molecule has 392 valence electrons. The molecule has 0 saturated carbocycles. The standard InChI is InChI=1S/C33H39NO3.C27H28F3NO5S/c1-7-32(36,8-2)18-17-26-11-16-30(19-24(26)5)33(9-3,10-4)29-14-12-27(13-15-29)28-20-25(22-34-23-28)21-31(35)37-6;1-5-26(6-2,23-11-12-24(18(3)13-23)36-37(33,34)27(28,29)30)22-9-7-20(8-10-22)21-14-19(16-31-17-21)15-25(32)35-4/h11-16,19-20,22-23,36H,7-10,21H2,1-6H3;7-14,16-17H,5-6,15H2,1-4H3. The monoisotopic (exact) mass is 1030 g/mol. The van der Waals surface area contributed by atoms with Crippen LogP contribution < -0.4 is 4.18 Å². The highest BCUT2D eigenvalue weighted by Gasteiger charge is 2.49. The first kappa shape index (κ1) is 58.1. The number of nitrogens with zero attached hydrogens (tertiary/aromatic N) is 2. The minimum atomic E-state index is -5.76. The molecule has 0 spiro atoms. The van der Waals surface area contributed by atoms with Crippen molar-refractivity contribution in [2.75, 3.05) is 14.2 Å². The molecule has 0 amide bonds. The Balaban J connectivity index is 0.000000274. The number of carbonyl (C=O) groups excluding carboxylic acids is 2. The number of halogens is 3. The number of benzene rings is 4. The fourth-order valence-electron chi connectivity index (χ4n) is 9.31. The molecule has 6 rings (SSSR count). The molecule has 0 unspecified atom stereocenters. The van der Waals surface area contributed by atoms with Crippen LogP contribution in [0.5, 0.6) is 5.75 Å². The van der Waals surface area contributed by atoms with Gasteiger partial charge in [-0.15, -0.1) is 0 Å². The summed E-state index contributed by atoms with van der Waals surface area (Å²) >= 11 is 0. The second-order valence-corrected chi connectivity index (χ2v) is 19.9. The largest absolute Gasteiger partial charge is 0.534 e. The molecule has 0 saturated heterocycles. The van der Waals surface area contributed by atoms with Crippen molar-refractivity contribution in [3.8, 4) is 39.8 Å². The summed E-state index contributed by atoms with van der Waals surface area (Å²) in [6.07, 6.45) is 11.7. The van der Waals surface area contributed by atoms with E-state index in [9.17, 15) is 36.3 Å². The van der Waals surface area contributed by atoms with Crippen LogP contribution in [-0.2, 0) is 52.9 Å². The van der Waals surface area contributed by atoms with Gasteiger partial charge in [-0.2, -0.15) is 21.6 Å². The van der Waals surface area contributed by atoms with E-state index in [1.165, 1.54) is 38.3 Å². The summed E-state index contributed by atoms with van der Waals surface area (Å²) in [5.74, 6) is 5.31. The van der Waals surface area contributed by atoms with Crippen LogP contribution in [0.15, 0.2) is 122 Å². The molecule has 0 radical (unpaired) electrons. The second-order valence-electron chi connectivity index (χ2n) is 18.4. The summed E-state index contributed by atoms with van der Waals surface area (Å²) in [6, 6.07) is 31.5. The summed E-state index contributed by atoms with van der Waals surface area (Å²) in [6.45, 7) is 16.1. The lowest BCUT2D eigenvalue weighted by atomic mass is 9.70. The van der Waals surface area contributed by atoms with E-state index in [1.807, 2.05) is 70.3 Å². The van der Waals surface area contributed by atoms with Crippen LogP contribution in [0.1, 0.15) is 130 Å². The predicted molar refractivity (Wildman–Crippen MR) is 284 cm³/mol. The predicted octanol–water partition coefficient (Wildman–Crippen LogP) is 12.9. The van der Waals surface area contributed by atoms with Crippen molar-refractivity contribution in [3.05, 3.63) is 172 Å². The Morgan fingerprint density at radius 1 is 0.554 bits per heavy atom. The van der Waals surface area contributed by atoms with Crippen LogP contribution in [0.3, 0.4) is 0 Å². The molecular formula is C60H67F3N2O8S. The van der Waals surface area contributed by atoms with E-state index < -0.39 is 26.6 Å². The van der Waals surface area contributed by atoms with Gasteiger partial charge in [0.15, 0.2) is 0 Å². The number of aryl methyl sites for hydroxylation is 2. The zero-order valence-corrected chi connectivity index (χ0v) is 44.8. The highest BCUT2D eigenvalue weighted by molar-refractivity contribution is 7.88. The molecule has 4 aromatic carbocycles. The average molecular weight is 1030 g/mol. The van der Waals surface area contributed by atoms with Crippen molar-refractivity contribution in [1.82, 2.24) is 9.97 Å². The molecule has 74 heavy (non-hydrogen) atoms. The van der Waals surface area contributed by atoms with Gasteiger partial charge in [0.1, 0.15) is 11.4 Å². The highest BCUT2D eigenvalue weighted by atomic mass is 32.2. The average Bonchev–Trinajstić information content (AvgIpc) is 3.40. The molecule has 1 N–H and O–H groups in total. The number of rotatable bonds is 18. The topological polar surface area (TPSA) is 142 Å². The molecule has 0 bridgehead atoms.